The molecule has 2 aromatic heterocycles. The predicted octanol–water partition coefficient (Wildman–Crippen LogP) is 5.17. The summed E-state index contributed by atoms with van der Waals surface area (Å²) in [5.41, 5.74) is 9.28. The largest absolute Gasteiger partial charge is 0.494 e. The summed E-state index contributed by atoms with van der Waals surface area (Å²) in [5.74, 6) is -3.25. The summed E-state index contributed by atoms with van der Waals surface area (Å²) in [7, 11) is 3.32. The lowest BCUT2D eigenvalue weighted by molar-refractivity contribution is 0.413. The van der Waals surface area contributed by atoms with Crippen LogP contribution in [-0.4, -0.2) is 33.7 Å². The first-order valence-corrected chi connectivity index (χ1v) is 11.1. The maximum absolute atomic E-state index is 13.9. The molecule has 5 rings (SSSR count). The molecule has 7 nitrogen and oxygen atoms in total. The molecule has 0 unspecified atom stereocenters. The quantitative estimate of drug-likeness (QED) is 0.381. The highest BCUT2D eigenvalue weighted by Crippen LogP contribution is 2.41. The molecule has 35 heavy (non-hydrogen) atoms. The number of hydrogen-bond acceptors (Lipinski definition) is 6. The van der Waals surface area contributed by atoms with E-state index in [9.17, 15) is 13.2 Å². The minimum absolute atomic E-state index is 0.291. The highest BCUT2D eigenvalue weighted by Gasteiger charge is 2.31. The maximum atomic E-state index is 13.9. The second-order valence-corrected chi connectivity index (χ2v) is 8.57. The average molecular weight is 501 g/mol. The van der Waals surface area contributed by atoms with Gasteiger partial charge in [-0.15, -0.1) is 0 Å². The molecule has 2 heterocycles. The Kier molecular flexibility index (Phi) is 5.76. The Morgan fingerprint density at radius 1 is 1.14 bits per heavy atom. The number of hydrogen-bond donors (Lipinski definition) is 1. The molecule has 1 aliphatic rings. The van der Waals surface area contributed by atoms with Gasteiger partial charge < -0.3 is 19.9 Å². The summed E-state index contributed by atoms with van der Waals surface area (Å²) in [5, 5.41) is 0.353. The molecule has 0 spiro atoms. The molecule has 2 N–H and O–H groups in total. The van der Waals surface area contributed by atoms with Gasteiger partial charge in [0, 0.05) is 36.5 Å². The van der Waals surface area contributed by atoms with Gasteiger partial charge >= 0.3 is 0 Å². The number of nitrogen functional groups attached to an aromatic ring is 1. The van der Waals surface area contributed by atoms with Gasteiger partial charge in [-0.25, -0.2) is 23.1 Å². The molecule has 0 saturated heterocycles. The number of benzene rings is 2. The number of ether oxygens (including phenoxy) is 1. The molecule has 180 valence electrons. The van der Waals surface area contributed by atoms with Gasteiger partial charge in [-0.2, -0.15) is 4.98 Å². The molecular formula is C24H20ClF3N6O. The van der Waals surface area contributed by atoms with Crippen LogP contribution in [0.15, 0.2) is 42.9 Å². The van der Waals surface area contributed by atoms with E-state index in [4.69, 9.17) is 27.1 Å². The third kappa shape index (κ3) is 4.03. The Morgan fingerprint density at radius 3 is 2.54 bits per heavy atom. The Balaban J connectivity index is 1.52. The lowest BCUT2D eigenvalue weighted by Gasteiger charge is -2.21. The van der Waals surface area contributed by atoms with Crippen LogP contribution in [0.3, 0.4) is 0 Å². The highest BCUT2D eigenvalue weighted by atomic mass is 35.5. The van der Waals surface area contributed by atoms with Crippen LogP contribution in [0.1, 0.15) is 29.2 Å². The van der Waals surface area contributed by atoms with Crippen molar-refractivity contribution >= 4 is 29.1 Å². The SMILES string of the molecule is COc1cc(N(C)c2nc(N)c3c(n2)[C@H](c2cc(F)c(F)c(F)c2)CC3)ccc1-n1cnc(Cl)c1. The zero-order valence-corrected chi connectivity index (χ0v) is 19.5. The predicted molar refractivity (Wildman–Crippen MR) is 126 cm³/mol. The first kappa shape index (κ1) is 23.0. The lowest BCUT2D eigenvalue weighted by Crippen LogP contribution is -2.16. The number of anilines is 3. The monoisotopic (exact) mass is 500 g/mol. The van der Waals surface area contributed by atoms with Gasteiger partial charge in [0.25, 0.3) is 0 Å². The van der Waals surface area contributed by atoms with Gasteiger partial charge in [-0.3, -0.25) is 0 Å². The van der Waals surface area contributed by atoms with Crippen LogP contribution < -0.4 is 15.4 Å². The fraction of sp³-hybridized carbons (Fsp3) is 0.208. The highest BCUT2D eigenvalue weighted by molar-refractivity contribution is 6.29. The number of fused-ring (bicyclic) bond motifs is 1. The summed E-state index contributed by atoms with van der Waals surface area (Å²) in [6.07, 6.45) is 4.32. The lowest BCUT2D eigenvalue weighted by atomic mass is 9.96. The third-order valence-electron chi connectivity index (χ3n) is 6.16. The molecule has 11 heteroatoms. The van der Waals surface area contributed by atoms with E-state index in [1.165, 1.54) is 0 Å². The van der Waals surface area contributed by atoms with Gasteiger partial charge in [-0.05, 0) is 42.7 Å². The van der Waals surface area contributed by atoms with Crippen molar-refractivity contribution in [2.24, 2.45) is 0 Å². The second kappa shape index (κ2) is 8.77. The van der Waals surface area contributed by atoms with Crippen molar-refractivity contribution in [3.05, 3.63) is 82.3 Å². The third-order valence-corrected chi connectivity index (χ3v) is 6.36. The summed E-state index contributed by atoms with van der Waals surface area (Å²) in [6.45, 7) is 0. The van der Waals surface area contributed by atoms with E-state index in [-0.39, 0.29) is 0 Å². The van der Waals surface area contributed by atoms with Crippen LogP contribution >= 0.6 is 11.6 Å². The first-order valence-electron chi connectivity index (χ1n) is 10.7. The molecule has 0 fully saturated rings. The minimum atomic E-state index is -1.50. The molecule has 0 bridgehead atoms. The van der Waals surface area contributed by atoms with E-state index in [1.807, 2.05) is 12.1 Å². The number of halogens is 4. The second-order valence-electron chi connectivity index (χ2n) is 8.18. The summed E-state index contributed by atoms with van der Waals surface area (Å²) < 4.78 is 48.6. The number of nitrogens with zero attached hydrogens (tertiary/aromatic N) is 5. The smallest absolute Gasteiger partial charge is 0.231 e. The zero-order valence-electron chi connectivity index (χ0n) is 18.8. The van der Waals surface area contributed by atoms with Crippen molar-refractivity contribution < 1.29 is 17.9 Å². The van der Waals surface area contributed by atoms with E-state index in [1.54, 1.807) is 42.2 Å². The molecule has 0 saturated carbocycles. The minimum Gasteiger partial charge on any atom is -0.494 e. The number of imidazole rings is 1. The number of methoxy groups -OCH3 is 1. The Bertz CT molecular complexity index is 1420. The van der Waals surface area contributed by atoms with Crippen LogP contribution in [0.5, 0.6) is 5.75 Å². The molecular weight excluding hydrogens is 481 g/mol. The Morgan fingerprint density at radius 2 is 1.89 bits per heavy atom. The Hall–Kier alpha value is -3.79. The first-order chi connectivity index (χ1) is 16.8. The van der Waals surface area contributed by atoms with Gasteiger partial charge in [0.1, 0.15) is 23.0 Å². The van der Waals surface area contributed by atoms with Crippen molar-refractivity contribution in [1.82, 2.24) is 19.5 Å². The average Bonchev–Trinajstić information content (AvgIpc) is 3.48. The van der Waals surface area contributed by atoms with Crippen LogP contribution in [-0.2, 0) is 6.42 Å². The van der Waals surface area contributed by atoms with Crippen LogP contribution in [0.4, 0.5) is 30.6 Å². The maximum Gasteiger partial charge on any atom is 0.231 e. The molecule has 0 amide bonds. The molecule has 0 aliphatic heterocycles. The normalized spacial score (nSPS) is 14.7. The van der Waals surface area contributed by atoms with Gasteiger partial charge in [0.05, 0.1) is 18.5 Å². The van der Waals surface area contributed by atoms with Crippen molar-refractivity contribution in [3.63, 3.8) is 0 Å². The number of aromatic nitrogens is 4. The van der Waals surface area contributed by atoms with E-state index in [2.05, 4.69) is 9.97 Å². The fourth-order valence-electron chi connectivity index (χ4n) is 4.36. The number of rotatable bonds is 5. The van der Waals surface area contributed by atoms with Gasteiger partial charge in [-0.1, -0.05) is 11.6 Å². The van der Waals surface area contributed by atoms with Crippen molar-refractivity contribution in [3.8, 4) is 11.4 Å². The molecule has 1 atom stereocenters. The van der Waals surface area contributed by atoms with E-state index in [0.717, 1.165) is 23.4 Å². The summed E-state index contributed by atoms with van der Waals surface area (Å²) >= 11 is 5.94. The van der Waals surface area contributed by atoms with E-state index >= 15 is 0 Å². The standard InChI is InChI=1S/C24H20ClF3N6O/c1-33(13-3-6-18(19(9-13)35-2)34-10-20(25)30-11-34)24-31-22-14(4-5-15(22)23(29)32-24)12-7-16(26)21(28)17(27)8-12/h3,6-11,14H,4-5H2,1-2H3,(H2,29,31,32)/t14-/m0/s1. The van der Waals surface area contributed by atoms with Gasteiger partial charge in [0.2, 0.25) is 5.95 Å². The fourth-order valence-corrected chi connectivity index (χ4v) is 4.51. The van der Waals surface area contributed by atoms with Gasteiger partial charge in [0.15, 0.2) is 17.5 Å². The molecule has 4 aromatic rings. The Labute approximate surface area is 204 Å². The van der Waals surface area contributed by atoms with Crippen molar-refractivity contribution in [1.29, 1.82) is 0 Å². The molecule has 0 radical (unpaired) electrons. The zero-order chi connectivity index (χ0) is 24.9. The van der Waals surface area contributed by atoms with Crippen LogP contribution in [0.2, 0.25) is 5.15 Å². The summed E-state index contributed by atoms with van der Waals surface area (Å²) in [6, 6.07) is 7.50. The molecule has 1 aliphatic carbocycles. The summed E-state index contributed by atoms with van der Waals surface area (Å²) in [4.78, 5) is 14.9. The van der Waals surface area contributed by atoms with E-state index < -0.39 is 23.4 Å². The topological polar surface area (TPSA) is 82.1 Å². The van der Waals surface area contributed by atoms with Crippen LogP contribution in [0.25, 0.3) is 5.69 Å². The van der Waals surface area contributed by atoms with Crippen molar-refractivity contribution in [2.75, 3.05) is 24.8 Å². The number of nitrogens with two attached hydrogens (primary N) is 1. The van der Waals surface area contributed by atoms with E-state index in [0.29, 0.717) is 52.5 Å². The van der Waals surface area contributed by atoms with Crippen LogP contribution in [0, 0.1) is 17.5 Å². The van der Waals surface area contributed by atoms with Crippen molar-refractivity contribution in [2.45, 2.75) is 18.8 Å². The molecule has 2 aromatic carbocycles.